The van der Waals surface area contributed by atoms with Crippen LogP contribution < -0.4 is 5.73 Å². The lowest BCUT2D eigenvalue weighted by Crippen LogP contribution is -2.14. The SMILES string of the molecule is Cc1nn(C)c(Cl)c1CC(N)c1ccc(Cl)c(Br)c1. The van der Waals surface area contributed by atoms with Gasteiger partial charge in [-0.1, -0.05) is 29.3 Å². The van der Waals surface area contributed by atoms with Crippen molar-refractivity contribution in [1.29, 1.82) is 0 Å². The summed E-state index contributed by atoms with van der Waals surface area (Å²) in [6.07, 6.45) is 0.645. The lowest BCUT2D eigenvalue weighted by molar-refractivity contribution is 0.717. The first kappa shape index (κ1) is 14.9. The highest BCUT2D eigenvalue weighted by Crippen LogP contribution is 2.28. The molecule has 1 aromatic carbocycles. The first-order chi connectivity index (χ1) is 8.90. The normalized spacial score (nSPS) is 12.7. The average molecular weight is 363 g/mol. The van der Waals surface area contributed by atoms with Gasteiger partial charge in [0.05, 0.1) is 10.7 Å². The Bertz CT molecular complexity index is 610. The molecule has 0 aliphatic heterocycles. The molecule has 0 spiro atoms. The number of hydrogen-bond acceptors (Lipinski definition) is 2. The summed E-state index contributed by atoms with van der Waals surface area (Å²) in [7, 11) is 1.82. The number of halogens is 3. The minimum Gasteiger partial charge on any atom is -0.324 e. The van der Waals surface area contributed by atoms with Crippen molar-refractivity contribution in [3.05, 3.63) is 49.7 Å². The molecule has 1 unspecified atom stereocenters. The topological polar surface area (TPSA) is 43.8 Å². The summed E-state index contributed by atoms with van der Waals surface area (Å²) in [5.74, 6) is 0. The maximum atomic E-state index is 6.23. The van der Waals surface area contributed by atoms with Gasteiger partial charge in [-0.15, -0.1) is 0 Å². The van der Waals surface area contributed by atoms with Crippen molar-refractivity contribution >= 4 is 39.1 Å². The second-order valence-corrected chi connectivity index (χ2v) is 6.08. The van der Waals surface area contributed by atoms with Gasteiger partial charge in [0, 0.05) is 23.1 Å². The van der Waals surface area contributed by atoms with Gasteiger partial charge in [-0.25, -0.2) is 0 Å². The molecule has 0 bridgehead atoms. The molecule has 1 heterocycles. The van der Waals surface area contributed by atoms with Crippen LogP contribution in [0.5, 0.6) is 0 Å². The van der Waals surface area contributed by atoms with Crippen LogP contribution in [0.25, 0.3) is 0 Å². The molecule has 0 amide bonds. The zero-order chi connectivity index (χ0) is 14.2. The molecule has 1 atom stereocenters. The fourth-order valence-electron chi connectivity index (χ4n) is 1.99. The van der Waals surface area contributed by atoms with Gasteiger partial charge in [-0.3, -0.25) is 4.68 Å². The van der Waals surface area contributed by atoms with Gasteiger partial charge < -0.3 is 5.73 Å². The summed E-state index contributed by atoms with van der Waals surface area (Å²) >= 11 is 15.6. The molecule has 0 saturated carbocycles. The fraction of sp³-hybridized carbons (Fsp3) is 0.308. The van der Waals surface area contributed by atoms with E-state index < -0.39 is 0 Å². The van der Waals surface area contributed by atoms with Gasteiger partial charge in [0.25, 0.3) is 0 Å². The van der Waals surface area contributed by atoms with E-state index in [2.05, 4.69) is 21.0 Å². The van der Waals surface area contributed by atoms with E-state index >= 15 is 0 Å². The average Bonchev–Trinajstić information content (AvgIpc) is 2.59. The van der Waals surface area contributed by atoms with Crippen LogP contribution in [0.2, 0.25) is 10.2 Å². The highest BCUT2D eigenvalue weighted by molar-refractivity contribution is 9.10. The van der Waals surface area contributed by atoms with Crippen LogP contribution in [-0.4, -0.2) is 9.78 Å². The second-order valence-electron chi connectivity index (χ2n) is 4.46. The quantitative estimate of drug-likeness (QED) is 0.895. The van der Waals surface area contributed by atoms with Crippen LogP contribution in [-0.2, 0) is 13.5 Å². The predicted molar refractivity (Wildman–Crippen MR) is 82.7 cm³/mol. The van der Waals surface area contributed by atoms with E-state index in [-0.39, 0.29) is 6.04 Å². The zero-order valence-electron chi connectivity index (χ0n) is 10.6. The number of aryl methyl sites for hydroxylation is 2. The van der Waals surface area contributed by atoms with Crippen molar-refractivity contribution in [3.63, 3.8) is 0 Å². The molecule has 2 rings (SSSR count). The van der Waals surface area contributed by atoms with Crippen LogP contribution >= 0.6 is 39.1 Å². The molecule has 3 nitrogen and oxygen atoms in total. The highest BCUT2D eigenvalue weighted by atomic mass is 79.9. The lowest BCUT2D eigenvalue weighted by atomic mass is 10.0. The molecule has 2 N–H and O–H groups in total. The van der Waals surface area contributed by atoms with Crippen LogP contribution in [0.3, 0.4) is 0 Å². The Morgan fingerprint density at radius 1 is 1.42 bits per heavy atom. The minimum atomic E-state index is -0.144. The Morgan fingerprint density at radius 3 is 2.63 bits per heavy atom. The Kier molecular flexibility index (Phi) is 4.56. The van der Waals surface area contributed by atoms with Gasteiger partial charge in [-0.2, -0.15) is 5.10 Å². The van der Waals surface area contributed by atoms with Gasteiger partial charge in [0.15, 0.2) is 0 Å². The summed E-state index contributed by atoms with van der Waals surface area (Å²) in [4.78, 5) is 0. The van der Waals surface area contributed by atoms with E-state index in [0.717, 1.165) is 21.3 Å². The highest BCUT2D eigenvalue weighted by Gasteiger charge is 2.16. The molecule has 0 radical (unpaired) electrons. The number of hydrogen-bond donors (Lipinski definition) is 1. The largest absolute Gasteiger partial charge is 0.324 e. The van der Waals surface area contributed by atoms with E-state index in [4.69, 9.17) is 28.9 Å². The smallest absolute Gasteiger partial charge is 0.130 e. The number of rotatable bonds is 3. The molecular formula is C13H14BrCl2N3. The Balaban J connectivity index is 2.25. The summed E-state index contributed by atoms with van der Waals surface area (Å²) in [6, 6.07) is 5.55. The van der Waals surface area contributed by atoms with Crippen LogP contribution in [0.1, 0.15) is 22.9 Å². The molecule has 102 valence electrons. The number of benzene rings is 1. The Morgan fingerprint density at radius 2 is 2.11 bits per heavy atom. The molecule has 0 fully saturated rings. The summed E-state index contributed by atoms with van der Waals surface area (Å²) < 4.78 is 2.51. The summed E-state index contributed by atoms with van der Waals surface area (Å²) in [5.41, 5.74) is 9.14. The molecule has 1 aromatic heterocycles. The molecule has 6 heteroatoms. The monoisotopic (exact) mass is 361 g/mol. The Hall–Kier alpha value is -0.550. The van der Waals surface area contributed by atoms with Crippen LogP contribution in [0.4, 0.5) is 0 Å². The molecule has 0 saturated heterocycles. The van der Waals surface area contributed by atoms with E-state index in [9.17, 15) is 0 Å². The maximum Gasteiger partial charge on any atom is 0.130 e. The van der Waals surface area contributed by atoms with E-state index in [1.54, 1.807) is 4.68 Å². The van der Waals surface area contributed by atoms with E-state index in [0.29, 0.717) is 16.6 Å². The van der Waals surface area contributed by atoms with Crippen molar-refractivity contribution in [2.24, 2.45) is 12.8 Å². The minimum absolute atomic E-state index is 0.144. The third-order valence-corrected chi connectivity index (χ3v) is 4.75. The summed E-state index contributed by atoms with van der Waals surface area (Å²) in [6.45, 7) is 1.94. The second kappa shape index (κ2) is 5.83. The Labute approximate surface area is 130 Å². The van der Waals surface area contributed by atoms with Gasteiger partial charge in [-0.05, 0) is 47.0 Å². The number of nitrogens with zero attached hydrogens (tertiary/aromatic N) is 2. The first-order valence-electron chi connectivity index (χ1n) is 5.78. The summed E-state index contributed by atoms with van der Waals surface area (Å²) in [5, 5.41) is 5.60. The third-order valence-electron chi connectivity index (χ3n) is 3.07. The van der Waals surface area contributed by atoms with Crippen molar-refractivity contribution in [2.45, 2.75) is 19.4 Å². The molecule has 0 aliphatic carbocycles. The zero-order valence-corrected chi connectivity index (χ0v) is 13.7. The van der Waals surface area contributed by atoms with Crippen molar-refractivity contribution in [1.82, 2.24) is 9.78 Å². The lowest BCUT2D eigenvalue weighted by Gasteiger charge is -2.13. The van der Waals surface area contributed by atoms with Crippen LogP contribution in [0, 0.1) is 6.92 Å². The standard InChI is InChI=1S/C13H14BrCl2N3/c1-7-9(13(16)19(2)18-7)6-12(17)8-3-4-11(15)10(14)5-8/h3-5,12H,6,17H2,1-2H3. The maximum absolute atomic E-state index is 6.23. The first-order valence-corrected chi connectivity index (χ1v) is 7.33. The molecule has 0 aliphatic rings. The van der Waals surface area contributed by atoms with E-state index in [1.165, 1.54) is 0 Å². The third kappa shape index (κ3) is 3.14. The van der Waals surface area contributed by atoms with Crippen molar-refractivity contribution in [3.8, 4) is 0 Å². The molecular weight excluding hydrogens is 349 g/mol. The molecule has 19 heavy (non-hydrogen) atoms. The van der Waals surface area contributed by atoms with Gasteiger partial charge in [0.1, 0.15) is 5.15 Å². The fourth-order valence-corrected chi connectivity index (χ4v) is 2.75. The van der Waals surface area contributed by atoms with Crippen LogP contribution in [0.15, 0.2) is 22.7 Å². The molecule has 2 aromatic rings. The van der Waals surface area contributed by atoms with Gasteiger partial charge >= 0.3 is 0 Å². The van der Waals surface area contributed by atoms with Crippen molar-refractivity contribution < 1.29 is 0 Å². The van der Waals surface area contributed by atoms with E-state index in [1.807, 2.05) is 32.2 Å². The van der Waals surface area contributed by atoms with Crippen molar-refractivity contribution in [2.75, 3.05) is 0 Å². The number of nitrogens with two attached hydrogens (primary N) is 1. The van der Waals surface area contributed by atoms with Gasteiger partial charge in [0.2, 0.25) is 0 Å². The number of aromatic nitrogens is 2. The predicted octanol–water partition coefficient (Wildman–Crippen LogP) is 4.04.